The number of fused-ring (bicyclic) bond motifs is 4. The molecule has 4 heterocycles. The van der Waals surface area contributed by atoms with Gasteiger partial charge in [0.25, 0.3) is 6.43 Å². The van der Waals surface area contributed by atoms with Crippen LogP contribution in [-0.4, -0.2) is 51.9 Å². The van der Waals surface area contributed by atoms with Gasteiger partial charge in [0.1, 0.15) is 11.9 Å². The number of anilines is 1. The molecule has 0 atom stereocenters. The number of rotatable bonds is 5. The lowest BCUT2D eigenvalue weighted by Crippen LogP contribution is -2.64. The average Bonchev–Trinajstić information content (AvgIpc) is 3.20. The number of nitrogens with one attached hydrogen (secondary N) is 1. The molecule has 2 bridgehead atoms. The Balaban J connectivity index is 1.46. The van der Waals surface area contributed by atoms with E-state index in [4.69, 9.17) is 10.5 Å². The first kappa shape index (κ1) is 21.2. The highest BCUT2D eigenvalue weighted by molar-refractivity contribution is 7.89. The Morgan fingerprint density at radius 1 is 1.22 bits per heavy atom. The zero-order chi connectivity index (χ0) is 22.7. The maximum Gasteiger partial charge on any atom is 0.267 e. The van der Waals surface area contributed by atoms with Crippen LogP contribution in [0.4, 0.5) is 14.7 Å². The molecule has 170 valence electrons. The van der Waals surface area contributed by atoms with Gasteiger partial charge in [0.05, 0.1) is 22.7 Å². The lowest BCUT2D eigenvalue weighted by molar-refractivity contribution is -0.216. The fourth-order valence-electron chi connectivity index (χ4n) is 4.48. The van der Waals surface area contributed by atoms with Gasteiger partial charge < -0.3 is 10.5 Å². The third-order valence-corrected chi connectivity index (χ3v) is 8.11. The minimum Gasteiger partial charge on any atom is -0.369 e. The summed E-state index contributed by atoms with van der Waals surface area (Å²) in [6.07, 6.45) is 1.22. The summed E-state index contributed by atoms with van der Waals surface area (Å²) in [7, 11) is -3.94. The van der Waals surface area contributed by atoms with Gasteiger partial charge in [-0.2, -0.15) is 0 Å². The van der Waals surface area contributed by atoms with Crippen molar-refractivity contribution in [3.63, 3.8) is 0 Å². The highest BCUT2D eigenvalue weighted by atomic mass is 32.2. The quantitative estimate of drug-likeness (QED) is 0.594. The second-order valence-electron chi connectivity index (χ2n) is 8.54. The number of ether oxygens (including phenoxy) is 1. The molecule has 3 aromatic rings. The van der Waals surface area contributed by atoms with Crippen LogP contribution in [-0.2, 0) is 14.8 Å². The molecule has 0 unspecified atom stereocenters. The summed E-state index contributed by atoms with van der Waals surface area (Å²) in [6, 6.07) is 4.74. The Hall–Kier alpha value is -2.70. The monoisotopic (exact) mass is 464 g/mol. The number of sulfonamides is 1. The number of aromatic nitrogens is 4. The first-order chi connectivity index (χ1) is 15.1. The van der Waals surface area contributed by atoms with E-state index < -0.39 is 27.6 Å². The van der Waals surface area contributed by atoms with Gasteiger partial charge in [0.2, 0.25) is 21.7 Å². The van der Waals surface area contributed by atoms with Crippen molar-refractivity contribution in [3.8, 4) is 11.3 Å². The van der Waals surface area contributed by atoms with Crippen LogP contribution in [0.15, 0.2) is 35.6 Å². The number of hydrogen-bond donors (Lipinski definition) is 2. The Morgan fingerprint density at radius 2 is 1.97 bits per heavy atom. The minimum absolute atomic E-state index is 0.0554. The van der Waals surface area contributed by atoms with E-state index in [1.54, 1.807) is 12.3 Å². The van der Waals surface area contributed by atoms with Crippen molar-refractivity contribution >= 4 is 21.7 Å². The number of halogens is 2. The van der Waals surface area contributed by atoms with E-state index in [0.717, 1.165) is 5.56 Å². The summed E-state index contributed by atoms with van der Waals surface area (Å²) in [5.74, 6) is 0.562. The molecule has 9 nitrogen and oxygen atoms in total. The lowest BCUT2D eigenvalue weighted by Gasteiger charge is -2.52. The molecular formula is C20H22F2N6O3S. The summed E-state index contributed by atoms with van der Waals surface area (Å²) in [4.78, 5) is 12.5. The standard InChI is InChI=1S/C20H22F2N6O3S/c1-12-2-3-13(8-14(12)15-9-28-17(23)24-11-25-18(28)26-15)32(29,30)27-19-4-6-20(7-5-19,16(21)22)31-10-19/h2-3,8-9,11,16,27H,4-7,10H2,1H3,(H2,23,24,25,26). The normalized spacial score (nSPS) is 25.6. The summed E-state index contributed by atoms with van der Waals surface area (Å²) >= 11 is 0. The van der Waals surface area contributed by atoms with E-state index in [2.05, 4.69) is 19.7 Å². The molecule has 2 aromatic heterocycles. The van der Waals surface area contributed by atoms with Crippen molar-refractivity contribution in [2.24, 2.45) is 0 Å². The number of imidazole rings is 1. The van der Waals surface area contributed by atoms with Crippen LogP contribution in [0.2, 0.25) is 0 Å². The van der Waals surface area contributed by atoms with E-state index in [-0.39, 0.29) is 30.3 Å². The summed E-state index contributed by atoms with van der Waals surface area (Å²) in [5, 5.41) is 0. The molecule has 12 heteroatoms. The third-order valence-electron chi connectivity index (χ3n) is 6.53. The van der Waals surface area contributed by atoms with Gasteiger partial charge in [0, 0.05) is 11.8 Å². The third kappa shape index (κ3) is 3.33. The van der Waals surface area contributed by atoms with Gasteiger partial charge >= 0.3 is 0 Å². The second kappa shape index (κ2) is 7.15. The van der Waals surface area contributed by atoms with Gasteiger partial charge in [-0.15, -0.1) is 0 Å². The number of hydrogen-bond acceptors (Lipinski definition) is 7. The van der Waals surface area contributed by atoms with E-state index in [1.807, 2.05) is 6.92 Å². The Kier molecular flexibility index (Phi) is 4.73. The Labute approximate surface area is 183 Å². The van der Waals surface area contributed by atoms with Gasteiger partial charge in [-0.3, -0.25) is 4.40 Å². The summed E-state index contributed by atoms with van der Waals surface area (Å²) < 4.78 is 62.9. The predicted molar refractivity (Wildman–Crippen MR) is 112 cm³/mol. The molecule has 2 aliphatic heterocycles. The van der Waals surface area contributed by atoms with Crippen LogP contribution in [0, 0.1) is 6.92 Å². The summed E-state index contributed by atoms with van der Waals surface area (Å²) in [5.41, 5.74) is 5.46. The zero-order valence-electron chi connectivity index (χ0n) is 17.3. The number of nitrogens with two attached hydrogens (primary N) is 1. The largest absolute Gasteiger partial charge is 0.369 e. The minimum atomic E-state index is -3.94. The van der Waals surface area contributed by atoms with E-state index in [1.165, 1.54) is 22.9 Å². The van der Waals surface area contributed by atoms with Crippen molar-refractivity contribution < 1.29 is 21.9 Å². The maximum absolute atomic E-state index is 13.4. The zero-order valence-corrected chi connectivity index (χ0v) is 18.1. The van der Waals surface area contributed by atoms with Crippen molar-refractivity contribution in [1.29, 1.82) is 0 Å². The van der Waals surface area contributed by atoms with Crippen molar-refractivity contribution in [2.75, 3.05) is 12.3 Å². The maximum atomic E-state index is 13.4. The van der Waals surface area contributed by atoms with Gasteiger partial charge in [-0.05, 0) is 50.3 Å². The highest BCUT2D eigenvalue weighted by Gasteiger charge is 2.55. The summed E-state index contributed by atoms with van der Waals surface area (Å²) in [6.45, 7) is 1.77. The van der Waals surface area contributed by atoms with E-state index in [0.29, 0.717) is 29.9 Å². The molecule has 2 saturated heterocycles. The second-order valence-corrected chi connectivity index (χ2v) is 10.2. The van der Waals surface area contributed by atoms with Gasteiger partial charge in [-0.25, -0.2) is 36.9 Å². The molecule has 3 aliphatic rings. The van der Waals surface area contributed by atoms with Crippen LogP contribution in [0.5, 0.6) is 0 Å². The molecule has 1 saturated carbocycles. The molecule has 32 heavy (non-hydrogen) atoms. The first-order valence-electron chi connectivity index (χ1n) is 10.2. The molecule has 3 fully saturated rings. The van der Waals surface area contributed by atoms with E-state index >= 15 is 0 Å². The van der Waals surface area contributed by atoms with Gasteiger partial charge in [-0.1, -0.05) is 6.07 Å². The van der Waals surface area contributed by atoms with Crippen LogP contribution in [0.25, 0.3) is 17.0 Å². The molecule has 3 N–H and O–H groups in total. The van der Waals surface area contributed by atoms with Gasteiger partial charge in [0.15, 0.2) is 0 Å². The van der Waals surface area contributed by atoms with Crippen molar-refractivity contribution in [1.82, 2.24) is 24.1 Å². The average molecular weight is 464 g/mol. The number of benzene rings is 1. The number of alkyl halides is 2. The number of nitrogens with zero attached hydrogens (tertiary/aromatic N) is 4. The highest BCUT2D eigenvalue weighted by Crippen LogP contribution is 2.47. The van der Waals surface area contributed by atoms with Crippen LogP contribution < -0.4 is 10.5 Å². The fraction of sp³-hybridized carbons (Fsp3) is 0.450. The number of nitrogen functional groups attached to an aromatic ring is 1. The molecule has 0 spiro atoms. The van der Waals surface area contributed by atoms with Crippen molar-refractivity contribution in [3.05, 3.63) is 36.3 Å². The predicted octanol–water partition coefficient (Wildman–Crippen LogP) is 2.31. The van der Waals surface area contributed by atoms with E-state index in [9.17, 15) is 17.2 Å². The number of aryl methyl sites for hydroxylation is 1. The molecule has 1 aliphatic carbocycles. The fourth-order valence-corrected chi connectivity index (χ4v) is 5.96. The molecule has 1 aromatic carbocycles. The van der Waals surface area contributed by atoms with Crippen LogP contribution in [0.3, 0.4) is 0 Å². The first-order valence-corrected chi connectivity index (χ1v) is 11.6. The molecule has 6 rings (SSSR count). The molecule has 0 radical (unpaired) electrons. The SMILES string of the molecule is Cc1ccc(S(=O)(=O)NC23CCC(C(F)F)(CC2)OC3)cc1-c1cn2c(N)ncnc2n1. The smallest absolute Gasteiger partial charge is 0.267 e. The molecular weight excluding hydrogens is 442 g/mol. The van der Waals surface area contributed by atoms with Crippen LogP contribution >= 0.6 is 0 Å². The topological polar surface area (TPSA) is 124 Å². The Bertz CT molecular complexity index is 1290. The lowest BCUT2D eigenvalue weighted by atomic mass is 9.72. The van der Waals surface area contributed by atoms with Crippen LogP contribution in [0.1, 0.15) is 31.2 Å². The van der Waals surface area contributed by atoms with Crippen molar-refractivity contribution in [2.45, 2.75) is 55.1 Å². The Morgan fingerprint density at radius 3 is 2.59 bits per heavy atom. The molecule has 0 amide bonds.